The van der Waals surface area contributed by atoms with Crippen LogP contribution in [-0.2, 0) is 6.54 Å². The number of anilines is 1. The lowest BCUT2D eigenvalue weighted by Gasteiger charge is -2.24. The fraction of sp³-hybridized carbons (Fsp3) is 0.158. The quantitative estimate of drug-likeness (QED) is 0.730. The maximum Gasteiger partial charge on any atom is 0.154 e. The third-order valence-corrected chi connectivity index (χ3v) is 5.08. The first-order valence-corrected chi connectivity index (χ1v) is 8.27. The van der Waals surface area contributed by atoms with Gasteiger partial charge in [0.2, 0.25) is 0 Å². The molecular weight excluding hydrogens is 354 g/mol. The minimum Gasteiger partial charge on any atom is -0.497 e. The van der Waals surface area contributed by atoms with Crippen LogP contribution in [0.5, 0.6) is 5.75 Å². The van der Waals surface area contributed by atoms with Crippen molar-refractivity contribution in [3.8, 4) is 5.75 Å². The molecular formula is C19H16BrNO2. The highest BCUT2D eigenvalue weighted by Crippen LogP contribution is 2.45. The van der Waals surface area contributed by atoms with Gasteiger partial charge in [-0.3, -0.25) is 0 Å². The second-order valence-corrected chi connectivity index (χ2v) is 6.54. The van der Waals surface area contributed by atoms with E-state index >= 15 is 0 Å². The van der Waals surface area contributed by atoms with E-state index in [0.29, 0.717) is 6.54 Å². The molecule has 0 spiro atoms. The van der Waals surface area contributed by atoms with E-state index in [4.69, 9.17) is 4.74 Å². The molecule has 1 atom stereocenters. The van der Waals surface area contributed by atoms with Crippen LogP contribution in [0.25, 0.3) is 10.8 Å². The van der Waals surface area contributed by atoms with Crippen molar-refractivity contribution in [1.82, 2.24) is 0 Å². The van der Waals surface area contributed by atoms with Gasteiger partial charge < -0.3 is 14.7 Å². The molecule has 0 aromatic heterocycles. The molecule has 1 N–H and O–H groups in total. The van der Waals surface area contributed by atoms with Gasteiger partial charge in [-0.2, -0.15) is 0 Å². The van der Waals surface area contributed by atoms with Crippen molar-refractivity contribution >= 4 is 32.4 Å². The minimum atomic E-state index is -0.620. The zero-order valence-electron chi connectivity index (χ0n) is 12.7. The van der Waals surface area contributed by atoms with Crippen LogP contribution in [0.3, 0.4) is 0 Å². The number of methoxy groups -OCH3 is 1. The second kappa shape index (κ2) is 5.55. The normalized spacial score (nSPS) is 16.1. The van der Waals surface area contributed by atoms with Gasteiger partial charge >= 0.3 is 0 Å². The Morgan fingerprint density at radius 1 is 1.09 bits per heavy atom. The number of benzene rings is 3. The van der Waals surface area contributed by atoms with Crippen molar-refractivity contribution in [2.24, 2.45) is 0 Å². The summed E-state index contributed by atoms with van der Waals surface area (Å²) >= 11 is 3.60. The van der Waals surface area contributed by atoms with Crippen LogP contribution in [0, 0.1) is 0 Å². The zero-order valence-corrected chi connectivity index (χ0v) is 14.2. The SMILES string of the molecule is COc1ccc(CN2c3ccc(Br)c4cccc(c34)C2O)cc1. The van der Waals surface area contributed by atoms with Crippen LogP contribution in [0.4, 0.5) is 5.69 Å². The van der Waals surface area contributed by atoms with Gasteiger partial charge in [0.15, 0.2) is 6.23 Å². The first-order valence-electron chi connectivity index (χ1n) is 7.48. The summed E-state index contributed by atoms with van der Waals surface area (Å²) in [5.41, 5.74) is 3.17. The smallest absolute Gasteiger partial charge is 0.154 e. The van der Waals surface area contributed by atoms with Crippen molar-refractivity contribution in [1.29, 1.82) is 0 Å². The minimum absolute atomic E-state index is 0.620. The van der Waals surface area contributed by atoms with E-state index in [0.717, 1.165) is 37.8 Å². The lowest BCUT2D eigenvalue weighted by molar-refractivity contribution is 0.176. The van der Waals surface area contributed by atoms with Crippen molar-refractivity contribution in [2.75, 3.05) is 12.0 Å². The van der Waals surface area contributed by atoms with E-state index in [1.54, 1.807) is 7.11 Å². The van der Waals surface area contributed by atoms with E-state index in [1.807, 2.05) is 47.4 Å². The lowest BCUT2D eigenvalue weighted by atomic mass is 10.1. The second-order valence-electron chi connectivity index (χ2n) is 5.69. The number of rotatable bonds is 3. The molecule has 4 heteroatoms. The van der Waals surface area contributed by atoms with E-state index in [1.165, 1.54) is 0 Å². The van der Waals surface area contributed by atoms with Gasteiger partial charge in [0.25, 0.3) is 0 Å². The Kier molecular flexibility index (Phi) is 3.51. The summed E-state index contributed by atoms with van der Waals surface area (Å²) in [4.78, 5) is 2.03. The van der Waals surface area contributed by atoms with E-state index in [9.17, 15) is 5.11 Å². The van der Waals surface area contributed by atoms with Crippen LogP contribution < -0.4 is 9.64 Å². The third kappa shape index (κ3) is 2.30. The average molecular weight is 370 g/mol. The molecule has 3 aromatic carbocycles. The van der Waals surface area contributed by atoms with Crippen molar-refractivity contribution in [3.63, 3.8) is 0 Å². The Labute approximate surface area is 143 Å². The molecule has 0 aliphatic carbocycles. The molecule has 1 aliphatic rings. The number of aliphatic hydroxyl groups excluding tert-OH is 1. The zero-order chi connectivity index (χ0) is 16.0. The molecule has 3 aromatic rings. The number of nitrogens with zero attached hydrogens (tertiary/aromatic N) is 1. The number of halogens is 1. The molecule has 0 bridgehead atoms. The summed E-state index contributed by atoms with van der Waals surface area (Å²) in [6.07, 6.45) is -0.620. The topological polar surface area (TPSA) is 32.7 Å². The number of hydrogen-bond acceptors (Lipinski definition) is 3. The number of hydrogen-bond donors (Lipinski definition) is 1. The largest absolute Gasteiger partial charge is 0.497 e. The molecule has 0 saturated heterocycles. The van der Waals surface area contributed by atoms with Gasteiger partial charge in [0.1, 0.15) is 5.75 Å². The Balaban J connectivity index is 1.76. The molecule has 0 amide bonds. The maximum absolute atomic E-state index is 10.8. The Morgan fingerprint density at radius 3 is 2.61 bits per heavy atom. The molecule has 4 rings (SSSR count). The third-order valence-electron chi connectivity index (χ3n) is 4.39. The first kappa shape index (κ1) is 14.5. The van der Waals surface area contributed by atoms with Crippen molar-refractivity contribution in [2.45, 2.75) is 12.8 Å². The molecule has 0 fully saturated rings. The summed E-state index contributed by atoms with van der Waals surface area (Å²) in [5, 5.41) is 13.0. The van der Waals surface area contributed by atoms with Gasteiger partial charge in [0, 0.05) is 27.7 Å². The molecule has 0 saturated carbocycles. The summed E-state index contributed by atoms with van der Waals surface area (Å²) in [6, 6.07) is 18.1. The molecule has 1 aliphatic heterocycles. The fourth-order valence-electron chi connectivity index (χ4n) is 3.23. The molecule has 23 heavy (non-hydrogen) atoms. The summed E-state index contributed by atoms with van der Waals surface area (Å²) in [6.45, 7) is 0.649. The van der Waals surface area contributed by atoms with Crippen LogP contribution in [0.1, 0.15) is 17.4 Å². The predicted molar refractivity (Wildman–Crippen MR) is 95.8 cm³/mol. The molecule has 116 valence electrons. The average Bonchev–Trinajstić information content (AvgIpc) is 2.86. The maximum atomic E-state index is 10.8. The van der Waals surface area contributed by atoms with E-state index in [2.05, 4.69) is 28.1 Å². The van der Waals surface area contributed by atoms with Crippen LogP contribution in [0.15, 0.2) is 59.1 Å². The Morgan fingerprint density at radius 2 is 1.87 bits per heavy atom. The Bertz CT molecular complexity index is 876. The van der Waals surface area contributed by atoms with Crippen LogP contribution in [-0.4, -0.2) is 12.2 Å². The molecule has 1 heterocycles. The highest BCUT2D eigenvalue weighted by Gasteiger charge is 2.30. The van der Waals surface area contributed by atoms with Gasteiger partial charge in [0.05, 0.1) is 7.11 Å². The first-order chi connectivity index (χ1) is 11.2. The van der Waals surface area contributed by atoms with Crippen molar-refractivity contribution in [3.05, 3.63) is 70.2 Å². The highest BCUT2D eigenvalue weighted by molar-refractivity contribution is 9.10. The summed E-state index contributed by atoms with van der Waals surface area (Å²) in [7, 11) is 1.66. The molecule has 0 radical (unpaired) electrons. The van der Waals surface area contributed by atoms with Crippen LogP contribution >= 0.6 is 15.9 Å². The van der Waals surface area contributed by atoms with Crippen LogP contribution in [0.2, 0.25) is 0 Å². The summed E-state index contributed by atoms with van der Waals surface area (Å²) in [5.74, 6) is 0.838. The van der Waals surface area contributed by atoms with E-state index in [-0.39, 0.29) is 0 Å². The Hall–Kier alpha value is -2.04. The monoisotopic (exact) mass is 369 g/mol. The molecule has 1 unspecified atom stereocenters. The standard InChI is InChI=1S/C19H16BrNO2/c1-23-13-7-5-12(6-8-13)11-21-17-10-9-16(20)14-3-2-4-15(18(14)17)19(21)22/h2-10,19,22H,11H2,1H3. The number of aliphatic hydroxyl groups is 1. The van der Waals surface area contributed by atoms with Gasteiger partial charge in [-0.15, -0.1) is 0 Å². The predicted octanol–water partition coefficient (Wildman–Crippen LogP) is 4.62. The van der Waals surface area contributed by atoms with Crippen molar-refractivity contribution < 1.29 is 9.84 Å². The number of ether oxygens (including phenoxy) is 1. The lowest BCUT2D eigenvalue weighted by Crippen LogP contribution is -2.23. The van der Waals surface area contributed by atoms with Gasteiger partial charge in [-0.25, -0.2) is 0 Å². The van der Waals surface area contributed by atoms with Gasteiger partial charge in [-0.05, 0) is 35.2 Å². The summed E-state index contributed by atoms with van der Waals surface area (Å²) < 4.78 is 6.25. The molecule has 3 nitrogen and oxygen atoms in total. The van der Waals surface area contributed by atoms with Gasteiger partial charge in [-0.1, -0.05) is 46.3 Å². The fourth-order valence-corrected chi connectivity index (χ4v) is 3.70. The van der Waals surface area contributed by atoms with E-state index < -0.39 is 6.23 Å². The highest BCUT2D eigenvalue weighted by atomic mass is 79.9.